The largest absolute Gasteiger partial charge is 0.490 e. The molecule has 3 fully saturated rings. The maximum Gasteiger partial charge on any atom is 0.236 e. The lowest BCUT2D eigenvalue weighted by Crippen LogP contribution is -2.53. The minimum atomic E-state index is -0.103. The molecule has 2 atom stereocenters. The second-order valence-corrected chi connectivity index (χ2v) is 10.7. The highest BCUT2D eigenvalue weighted by Crippen LogP contribution is 2.28. The lowest BCUT2D eigenvalue weighted by molar-refractivity contribution is -0.140. The topological polar surface area (TPSA) is 56.3 Å². The molecule has 0 unspecified atom stereocenters. The summed E-state index contributed by atoms with van der Waals surface area (Å²) in [6, 6.07) is 7.90. The fourth-order valence-electron chi connectivity index (χ4n) is 5.47. The molecule has 1 aliphatic carbocycles. The number of carbonyl (C=O) groups is 2. The molecule has 1 saturated carbocycles. The first-order valence-corrected chi connectivity index (χ1v) is 13.1. The van der Waals surface area contributed by atoms with Crippen LogP contribution < -0.4 is 4.74 Å². The van der Waals surface area contributed by atoms with Gasteiger partial charge in [-0.05, 0) is 51.2 Å². The number of carbonyl (C=O) groups excluding carboxylic acids is 2. The van der Waals surface area contributed by atoms with Crippen LogP contribution in [-0.2, 0) is 9.59 Å². The van der Waals surface area contributed by atoms with Crippen LogP contribution in [0.25, 0.3) is 0 Å². The first-order chi connectivity index (χ1) is 16.4. The Labute approximate surface area is 208 Å². The van der Waals surface area contributed by atoms with Gasteiger partial charge in [-0.2, -0.15) is 0 Å². The highest BCUT2D eigenvalue weighted by molar-refractivity contribution is 6.30. The Balaban J connectivity index is 1.40. The fourth-order valence-corrected chi connectivity index (χ4v) is 5.60. The van der Waals surface area contributed by atoms with Crippen molar-refractivity contribution in [1.82, 2.24) is 19.6 Å². The predicted molar refractivity (Wildman–Crippen MR) is 134 cm³/mol. The van der Waals surface area contributed by atoms with E-state index in [1.54, 1.807) is 0 Å². The van der Waals surface area contributed by atoms with Crippen molar-refractivity contribution in [2.45, 2.75) is 50.7 Å². The molecule has 3 aliphatic rings. The Kier molecular flexibility index (Phi) is 8.72. The lowest BCUT2D eigenvalue weighted by atomic mass is 9.90. The molecule has 0 aromatic heterocycles. The van der Waals surface area contributed by atoms with Gasteiger partial charge in [0.15, 0.2) is 0 Å². The molecule has 34 heavy (non-hydrogen) atoms. The van der Waals surface area contributed by atoms with Crippen LogP contribution >= 0.6 is 11.6 Å². The summed E-state index contributed by atoms with van der Waals surface area (Å²) in [6.07, 6.45) is 5.91. The van der Waals surface area contributed by atoms with Gasteiger partial charge in [0.25, 0.3) is 0 Å². The smallest absolute Gasteiger partial charge is 0.236 e. The molecule has 2 heterocycles. The van der Waals surface area contributed by atoms with Crippen LogP contribution in [0.1, 0.15) is 38.5 Å². The van der Waals surface area contributed by atoms with Crippen molar-refractivity contribution >= 4 is 23.4 Å². The summed E-state index contributed by atoms with van der Waals surface area (Å²) in [5.41, 5.74) is 0. The van der Waals surface area contributed by atoms with Gasteiger partial charge in [0.1, 0.15) is 11.9 Å². The SMILES string of the molecule is CN1CCN(C(=O)C[C@H]2CN(C(=O)CN(C)C3CCCC3)CC[C@@H]2Oc2ccc(Cl)cc2)CC1. The fraction of sp³-hybridized carbons (Fsp3) is 0.692. The predicted octanol–water partition coefficient (Wildman–Crippen LogP) is 2.97. The van der Waals surface area contributed by atoms with Crippen molar-refractivity contribution in [3.63, 3.8) is 0 Å². The van der Waals surface area contributed by atoms with E-state index in [1.807, 2.05) is 34.1 Å². The summed E-state index contributed by atoms with van der Waals surface area (Å²) >= 11 is 6.03. The standard InChI is InChI=1S/C26H39ClN4O3/c1-28-13-15-30(16-14-28)25(32)17-20-18-31(26(33)19-29(2)22-5-3-4-6-22)12-11-24(20)34-23-9-7-21(27)8-10-23/h7-10,20,22,24H,3-6,11-19H2,1-2H3/t20-,24-/m0/s1. The van der Waals surface area contributed by atoms with Gasteiger partial charge in [0.05, 0.1) is 6.54 Å². The first kappa shape index (κ1) is 25.3. The number of likely N-dealkylation sites (N-methyl/N-ethyl adjacent to an activating group) is 2. The number of piperidine rings is 1. The number of amides is 2. The van der Waals surface area contributed by atoms with Crippen LogP contribution in [0.3, 0.4) is 0 Å². The minimum absolute atomic E-state index is 0.0303. The molecule has 0 bridgehead atoms. The summed E-state index contributed by atoms with van der Waals surface area (Å²) in [6.45, 7) is 5.01. The molecule has 0 radical (unpaired) electrons. The molecular weight excluding hydrogens is 452 g/mol. The summed E-state index contributed by atoms with van der Waals surface area (Å²) in [5, 5.41) is 0.668. The molecule has 8 heteroatoms. The van der Waals surface area contributed by atoms with Crippen molar-refractivity contribution in [2.75, 3.05) is 59.9 Å². The van der Waals surface area contributed by atoms with E-state index in [-0.39, 0.29) is 23.8 Å². The number of hydrogen-bond acceptors (Lipinski definition) is 5. The van der Waals surface area contributed by atoms with Crippen molar-refractivity contribution in [2.24, 2.45) is 5.92 Å². The molecule has 188 valence electrons. The second kappa shape index (κ2) is 11.7. The van der Waals surface area contributed by atoms with Crippen LogP contribution in [0.5, 0.6) is 5.75 Å². The number of nitrogens with zero attached hydrogens (tertiary/aromatic N) is 4. The lowest BCUT2D eigenvalue weighted by Gasteiger charge is -2.40. The molecule has 4 rings (SSSR count). The van der Waals surface area contributed by atoms with Gasteiger partial charge < -0.3 is 19.4 Å². The summed E-state index contributed by atoms with van der Waals surface area (Å²) < 4.78 is 6.33. The Morgan fingerprint density at radius 2 is 1.65 bits per heavy atom. The van der Waals surface area contributed by atoms with E-state index in [9.17, 15) is 9.59 Å². The molecular formula is C26H39ClN4O3. The molecule has 2 aliphatic heterocycles. The number of hydrogen-bond donors (Lipinski definition) is 0. The van der Waals surface area contributed by atoms with E-state index in [4.69, 9.17) is 16.3 Å². The molecule has 7 nitrogen and oxygen atoms in total. The number of likely N-dealkylation sites (tertiary alicyclic amines) is 1. The number of halogens is 1. The van der Waals surface area contributed by atoms with Gasteiger partial charge >= 0.3 is 0 Å². The summed E-state index contributed by atoms with van der Waals surface area (Å²) in [4.78, 5) is 34.7. The normalized spacial score (nSPS) is 24.6. The first-order valence-electron chi connectivity index (χ1n) is 12.8. The Bertz CT molecular complexity index is 822. The van der Waals surface area contributed by atoms with Crippen LogP contribution in [-0.4, -0.2) is 103 Å². The highest BCUT2D eigenvalue weighted by Gasteiger charge is 2.36. The zero-order chi connectivity index (χ0) is 24.1. The molecule has 0 spiro atoms. The second-order valence-electron chi connectivity index (χ2n) is 10.2. The highest BCUT2D eigenvalue weighted by atomic mass is 35.5. The zero-order valence-electron chi connectivity index (χ0n) is 20.6. The number of rotatable bonds is 7. The maximum atomic E-state index is 13.2. The third-order valence-corrected chi connectivity index (χ3v) is 8.00. The van der Waals surface area contributed by atoms with E-state index >= 15 is 0 Å². The maximum absolute atomic E-state index is 13.2. The quantitative estimate of drug-likeness (QED) is 0.588. The Hall–Kier alpha value is -1.83. The van der Waals surface area contributed by atoms with E-state index in [2.05, 4.69) is 23.9 Å². The monoisotopic (exact) mass is 490 g/mol. The van der Waals surface area contributed by atoms with Gasteiger partial charge in [0.2, 0.25) is 11.8 Å². The Morgan fingerprint density at radius 1 is 0.971 bits per heavy atom. The van der Waals surface area contributed by atoms with Gasteiger partial charge in [0, 0.05) is 69.1 Å². The Morgan fingerprint density at radius 3 is 2.32 bits per heavy atom. The van der Waals surface area contributed by atoms with Gasteiger partial charge in [-0.1, -0.05) is 24.4 Å². The van der Waals surface area contributed by atoms with Crippen LogP contribution in [0.4, 0.5) is 0 Å². The van der Waals surface area contributed by atoms with Crippen molar-refractivity contribution in [3.8, 4) is 5.75 Å². The zero-order valence-corrected chi connectivity index (χ0v) is 21.4. The molecule has 1 aromatic carbocycles. The molecule has 0 N–H and O–H groups in total. The van der Waals surface area contributed by atoms with E-state index in [0.29, 0.717) is 37.1 Å². The molecule has 1 aromatic rings. The van der Waals surface area contributed by atoms with Crippen molar-refractivity contribution in [3.05, 3.63) is 29.3 Å². The van der Waals surface area contributed by atoms with Crippen LogP contribution in [0.15, 0.2) is 24.3 Å². The van der Waals surface area contributed by atoms with E-state index < -0.39 is 0 Å². The van der Waals surface area contributed by atoms with Crippen molar-refractivity contribution < 1.29 is 14.3 Å². The molecule has 2 amide bonds. The van der Waals surface area contributed by atoms with Gasteiger partial charge in [-0.25, -0.2) is 0 Å². The summed E-state index contributed by atoms with van der Waals surface area (Å²) in [5.74, 6) is 1.06. The van der Waals surface area contributed by atoms with Crippen LogP contribution in [0.2, 0.25) is 5.02 Å². The third-order valence-electron chi connectivity index (χ3n) is 7.74. The van der Waals surface area contributed by atoms with E-state index in [0.717, 1.165) is 38.3 Å². The number of ether oxygens (including phenoxy) is 1. The average molecular weight is 491 g/mol. The van der Waals surface area contributed by atoms with Gasteiger partial charge in [-0.3, -0.25) is 14.5 Å². The van der Waals surface area contributed by atoms with Crippen LogP contribution in [0, 0.1) is 5.92 Å². The van der Waals surface area contributed by atoms with E-state index in [1.165, 1.54) is 25.7 Å². The van der Waals surface area contributed by atoms with Crippen molar-refractivity contribution in [1.29, 1.82) is 0 Å². The van der Waals surface area contributed by atoms with Gasteiger partial charge in [-0.15, -0.1) is 0 Å². The summed E-state index contributed by atoms with van der Waals surface area (Å²) in [7, 11) is 4.16. The molecule has 2 saturated heterocycles. The number of piperazine rings is 1. The number of benzene rings is 1. The third kappa shape index (κ3) is 6.64. The average Bonchev–Trinajstić information content (AvgIpc) is 3.37. The minimum Gasteiger partial charge on any atom is -0.490 e.